The van der Waals surface area contributed by atoms with Gasteiger partial charge in [-0.25, -0.2) is 9.78 Å². The van der Waals surface area contributed by atoms with Crippen LogP contribution in [0, 0.1) is 5.92 Å². The zero-order valence-electron chi connectivity index (χ0n) is 23.8. The highest BCUT2D eigenvalue weighted by Crippen LogP contribution is 2.08. The summed E-state index contributed by atoms with van der Waals surface area (Å²) in [6, 6.07) is 1.55. The molecular formula is C27H38N6O8. The lowest BCUT2D eigenvalue weighted by atomic mass is 10.0. The van der Waals surface area contributed by atoms with Crippen LogP contribution in [0.5, 0.6) is 0 Å². The fourth-order valence-corrected chi connectivity index (χ4v) is 3.78. The molecule has 2 aromatic heterocycles. The highest BCUT2D eigenvalue weighted by Gasteiger charge is 2.26. The molecule has 14 nitrogen and oxygen atoms in total. The van der Waals surface area contributed by atoms with E-state index in [2.05, 4.69) is 20.9 Å². The van der Waals surface area contributed by atoms with E-state index in [1.165, 1.54) is 42.5 Å². The van der Waals surface area contributed by atoms with Gasteiger partial charge in [0.25, 0.3) is 11.5 Å². The number of nitrogens with zero attached hydrogens (tertiary/aromatic N) is 3. The summed E-state index contributed by atoms with van der Waals surface area (Å²) in [4.78, 5) is 79.5. The number of methoxy groups -OCH3 is 1. The first-order chi connectivity index (χ1) is 19.6. The van der Waals surface area contributed by atoms with Gasteiger partial charge in [-0.15, -0.1) is 0 Å². The summed E-state index contributed by atoms with van der Waals surface area (Å²) in [7, 11) is 3.00. The third-order valence-electron chi connectivity index (χ3n) is 6.41. The quantitative estimate of drug-likeness (QED) is 0.137. The molecule has 14 heteroatoms. The van der Waals surface area contributed by atoms with Crippen molar-refractivity contribution in [2.45, 2.75) is 52.1 Å². The Kier molecular flexibility index (Phi) is 13.4. The third kappa shape index (κ3) is 10.3. The average Bonchev–Trinajstić information content (AvgIpc) is 3.39. The first-order valence-electron chi connectivity index (χ1n) is 13.3. The van der Waals surface area contributed by atoms with E-state index in [0.717, 1.165) is 17.4 Å². The summed E-state index contributed by atoms with van der Waals surface area (Å²) in [5.41, 5.74) is -0.613. The number of hydrogen-bond acceptors (Lipinski definition) is 9. The molecule has 0 aliphatic rings. The smallest absolute Gasteiger partial charge is 0.374 e. The number of hydrogen-bond donors (Lipinski definition) is 3. The largest absolute Gasteiger partial charge is 0.458 e. The van der Waals surface area contributed by atoms with Gasteiger partial charge in [-0.05, 0) is 24.5 Å². The predicted octanol–water partition coefficient (Wildman–Crippen LogP) is 0.410. The molecule has 41 heavy (non-hydrogen) atoms. The molecule has 0 bridgehead atoms. The van der Waals surface area contributed by atoms with Gasteiger partial charge in [-0.1, -0.05) is 26.7 Å². The molecule has 1 atom stereocenters. The molecule has 224 valence electrons. The molecule has 2 aromatic rings. The van der Waals surface area contributed by atoms with Crippen LogP contribution in [-0.4, -0.2) is 76.5 Å². The van der Waals surface area contributed by atoms with E-state index >= 15 is 0 Å². The highest BCUT2D eigenvalue weighted by molar-refractivity contribution is 6.33. The molecule has 3 amide bonds. The lowest BCUT2D eigenvalue weighted by molar-refractivity contribution is -0.154. The molecule has 0 spiro atoms. The average molecular weight is 575 g/mol. The van der Waals surface area contributed by atoms with Crippen molar-refractivity contribution in [2.75, 3.05) is 32.2 Å². The number of nitrogens with one attached hydrogen (secondary N) is 3. The van der Waals surface area contributed by atoms with Crippen molar-refractivity contribution in [3.63, 3.8) is 0 Å². The number of aryl methyl sites for hydroxylation is 1. The lowest BCUT2D eigenvalue weighted by Gasteiger charge is -2.18. The van der Waals surface area contributed by atoms with Crippen molar-refractivity contribution in [1.29, 1.82) is 0 Å². The van der Waals surface area contributed by atoms with Crippen LogP contribution in [0.3, 0.4) is 0 Å². The van der Waals surface area contributed by atoms with Crippen molar-refractivity contribution in [2.24, 2.45) is 13.0 Å². The van der Waals surface area contributed by atoms with Crippen molar-refractivity contribution < 1.29 is 33.4 Å². The summed E-state index contributed by atoms with van der Waals surface area (Å²) >= 11 is 0. The molecule has 0 radical (unpaired) electrons. The number of carbonyl (C=O) groups excluding carboxylic acids is 5. The van der Waals surface area contributed by atoms with Gasteiger partial charge in [0.05, 0.1) is 19.1 Å². The Hall–Kier alpha value is -4.33. The van der Waals surface area contributed by atoms with Gasteiger partial charge in [-0.2, -0.15) is 0 Å². The molecule has 2 rings (SSSR count). The number of imidazole rings is 1. The summed E-state index contributed by atoms with van der Waals surface area (Å²) in [5.74, 6) is -3.45. The fraction of sp³-hybridized carbons (Fsp3) is 0.519. The Morgan fingerprint density at radius 1 is 1.10 bits per heavy atom. The second kappa shape index (κ2) is 16.7. The SMILES string of the molecule is CCC(CC)CNC(=O)Cn1cccc(NC(=O)[C@H](CCC(=O)C(=O)OCCOC)NC(=O)c2cncn2C)c1=O. The second-order valence-corrected chi connectivity index (χ2v) is 9.34. The van der Waals surface area contributed by atoms with Crippen LogP contribution in [0.1, 0.15) is 50.0 Å². The number of carbonyl (C=O) groups is 5. The second-order valence-electron chi connectivity index (χ2n) is 9.34. The van der Waals surface area contributed by atoms with Crippen molar-refractivity contribution in [3.05, 3.63) is 46.9 Å². The lowest BCUT2D eigenvalue weighted by Crippen LogP contribution is -2.45. The molecule has 0 saturated carbocycles. The van der Waals surface area contributed by atoms with Crippen LogP contribution in [-0.2, 0) is 42.2 Å². The maximum atomic E-state index is 13.2. The number of ketones is 1. The maximum Gasteiger partial charge on any atom is 0.374 e. The standard InChI is InChI=1S/C27H38N6O8/c1-5-18(6-2)14-29-23(35)16-33-11-7-8-20(26(33)38)31-24(36)19(30-25(37)21-15-28-17-32(21)3)9-10-22(34)27(39)41-13-12-40-4/h7-8,11,15,17-19H,5-6,9-10,12-14,16H2,1-4H3,(H,29,35)(H,30,37)(H,31,36)/t19-/m0/s1. The summed E-state index contributed by atoms with van der Waals surface area (Å²) in [6.07, 6.45) is 5.28. The molecule has 0 unspecified atom stereocenters. The highest BCUT2D eigenvalue weighted by atomic mass is 16.6. The van der Waals surface area contributed by atoms with Crippen LogP contribution < -0.4 is 21.5 Å². The Morgan fingerprint density at radius 3 is 2.46 bits per heavy atom. The van der Waals surface area contributed by atoms with Crippen LogP contribution >= 0.6 is 0 Å². The minimum Gasteiger partial charge on any atom is -0.458 e. The van der Waals surface area contributed by atoms with Crippen molar-refractivity contribution in [3.8, 4) is 0 Å². The van der Waals surface area contributed by atoms with E-state index < -0.39 is 41.6 Å². The number of ether oxygens (including phenoxy) is 2. The van der Waals surface area contributed by atoms with E-state index in [9.17, 15) is 28.8 Å². The number of anilines is 1. The molecule has 2 heterocycles. The van der Waals surface area contributed by atoms with Gasteiger partial charge in [0.2, 0.25) is 17.6 Å². The van der Waals surface area contributed by atoms with Crippen LogP contribution in [0.15, 0.2) is 35.6 Å². The van der Waals surface area contributed by atoms with E-state index in [1.54, 1.807) is 7.05 Å². The van der Waals surface area contributed by atoms with E-state index in [0.29, 0.717) is 12.5 Å². The number of amides is 3. The Balaban J connectivity index is 2.14. The molecule has 0 fully saturated rings. The van der Waals surface area contributed by atoms with E-state index in [1.807, 2.05) is 13.8 Å². The summed E-state index contributed by atoms with van der Waals surface area (Å²) < 4.78 is 12.2. The molecule has 0 aliphatic heterocycles. The van der Waals surface area contributed by atoms with Crippen LogP contribution in [0.25, 0.3) is 0 Å². The predicted molar refractivity (Wildman–Crippen MR) is 148 cm³/mol. The van der Waals surface area contributed by atoms with Crippen molar-refractivity contribution >= 4 is 35.2 Å². The topological polar surface area (TPSA) is 180 Å². The minimum atomic E-state index is -1.30. The first-order valence-corrected chi connectivity index (χ1v) is 13.3. The van der Waals surface area contributed by atoms with Gasteiger partial charge < -0.3 is 34.6 Å². The number of aromatic nitrogens is 3. The normalized spacial score (nSPS) is 11.5. The third-order valence-corrected chi connectivity index (χ3v) is 6.41. The molecule has 0 saturated heterocycles. The Bertz CT molecular complexity index is 1270. The Labute approximate surface area is 237 Å². The van der Waals surface area contributed by atoms with Gasteiger partial charge >= 0.3 is 5.97 Å². The molecule has 0 aliphatic carbocycles. The summed E-state index contributed by atoms with van der Waals surface area (Å²) in [5, 5.41) is 7.80. The van der Waals surface area contributed by atoms with Gasteiger partial charge in [0.15, 0.2) is 0 Å². The van der Waals surface area contributed by atoms with Crippen LogP contribution in [0.4, 0.5) is 5.69 Å². The van der Waals surface area contributed by atoms with Gasteiger partial charge in [0, 0.05) is 33.3 Å². The zero-order chi connectivity index (χ0) is 30.4. The van der Waals surface area contributed by atoms with Gasteiger partial charge in [0.1, 0.15) is 30.6 Å². The monoisotopic (exact) mass is 574 g/mol. The maximum absolute atomic E-state index is 13.2. The van der Waals surface area contributed by atoms with E-state index in [4.69, 9.17) is 9.47 Å². The number of Topliss-reactive ketones (excluding diaryl/α,β-unsaturated/α-hetero) is 1. The molecule has 0 aromatic carbocycles. The summed E-state index contributed by atoms with van der Waals surface area (Å²) in [6.45, 7) is 4.32. The zero-order valence-corrected chi connectivity index (χ0v) is 23.8. The molecule has 3 N–H and O–H groups in total. The number of pyridine rings is 1. The number of esters is 1. The van der Waals surface area contributed by atoms with Crippen LogP contribution in [0.2, 0.25) is 0 Å². The molecular weight excluding hydrogens is 536 g/mol. The van der Waals surface area contributed by atoms with E-state index in [-0.39, 0.29) is 43.5 Å². The fourth-order valence-electron chi connectivity index (χ4n) is 3.78. The minimum absolute atomic E-state index is 0.110. The van der Waals surface area contributed by atoms with Crippen molar-refractivity contribution in [1.82, 2.24) is 24.8 Å². The Morgan fingerprint density at radius 2 is 1.83 bits per heavy atom. The first kappa shape index (κ1) is 32.9. The number of rotatable bonds is 17. The van der Waals surface area contributed by atoms with Gasteiger partial charge in [-0.3, -0.25) is 24.0 Å².